The SMILES string of the molecule is CC(C)NCC(=O)N(C1CCCCC1)C1CCCCC1. The Balaban J connectivity index is 1.99. The third-order valence-corrected chi connectivity index (χ3v) is 4.89. The summed E-state index contributed by atoms with van der Waals surface area (Å²) >= 11 is 0. The first-order chi connectivity index (χ1) is 9.68. The zero-order valence-corrected chi connectivity index (χ0v) is 13.4. The van der Waals surface area contributed by atoms with Gasteiger partial charge in [-0.05, 0) is 25.7 Å². The number of nitrogens with one attached hydrogen (secondary N) is 1. The summed E-state index contributed by atoms with van der Waals surface area (Å²) in [5.74, 6) is 0.345. The molecule has 0 aromatic heterocycles. The van der Waals surface area contributed by atoms with Crippen LogP contribution in [0.1, 0.15) is 78.1 Å². The molecule has 20 heavy (non-hydrogen) atoms. The Morgan fingerprint density at radius 2 is 1.40 bits per heavy atom. The summed E-state index contributed by atoms with van der Waals surface area (Å²) in [7, 11) is 0. The molecule has 0 spiro atoms. The lowest BCUT2D eigenvalue weighted by atomic mass is 9.88. The van der Waals surface area contributed by atoms with Gasteiger partial charge in [-0.1, -0.05) is 52.4 Å². The lowest BCUT2D eigenvalue weighted by Gasteiger charge is -2.42. The highest BCUT2D eigenvalue weighted by Crippen LogP contribution is 2.30. The summed E-state index contributed by atoms with van der Waals surface area (Å²) < 4.78 is 0. The Bertz CT molecular complexity index is 273. The Morgan fingerprint density at radius 1 is 0.950 bits per heavy atom. The molecular weight excluding hydrogens is 248 g/mol. The number of nitrogens with zero attached hydrogens (tertiary/aromatic N) is 1. The first-order valence-electron chi connectivity index (χ1n) is 8.73. The molecule has 0 aromatic rings. The number of rotatable bonds is 5. The molecule has 1 amide bonds. The third kappa shape index (κ3) is 4.47. The van der Waals surface area contributed by atoms with Crippen molar-refractivity contribution in [3.05, 3.63) is 0 Å². The van der Waals surface area contributed by atoms with Crippen LogP contribution in [0.2, 0.25) is 0 Å². The predicted molar refractivity (Wildman–Crippen MR) is 83.7 cm³/mol. The van der Waals surface area contributed by atoms with Crippen molar-refractivity contribution in [1.82, 2.24) is 10.2 Å². The van der Waals surface area contributed by atoms with Gasteiger partial charge in [-0.2, -0.15) is 0 Å². The normalized spacial score (nSPS) is 22.1. The molecule has 3 heteroatoms. The molecule has 0 atom stereocenters. The Hall–Kier alpha value is -0.570. The Labute approximate surface area is 124 Å². The topological polar surface area (TPSA) is 32.3 Å². The van der Waals surface area contributed by atoms with Crippen LogP contribution in [0.3, 0.4) is 0 Å². The predicted octanol–water partition coefficient (Wildman–Crippen LogP) is 3.48. The maximum absolute atomic E-state index is 12.7. The first kappa shape index (κ1) is 15.8. The van der Waals surface area contributed by atoms with E-state index >= 15 is 0 Å². The smallest absolute Gasteiger partial charge is 0.237 e. The average Bonchev–Trinajstić information content (AvgIpc) is 2.48. The van der Waals surface area contributed by atoms with Crippen molar-refractivity contribution in [2.24, 2.45) is 0 Å². The molecule has 0 aromatic carbocycles. The van der Waals surface area contributed by atoms with Gasteiger partial charge in [0.25, 0.3) is 0 Å². The van der Waals surface area contributed by atoms with Crippen molar-refractivity contribution >= 4 is 5.91 Å². The van der Waals surface area contributed by atoms with Crippen molar-refractivity contribution in [2.75, 3.05) is 6.54 Å². The van der Waals surface area contributed by atoms with Gasteiger partial charge in [0.1, 0.15) is 0 Å². The summed E-state index contributed by atoms with van der Waals surface area (Å²) in [6, 6.07) is 1.43. The maximum Gasteiger partial charge on any atom is 0.237 e. The van der Waals surface area contributed by atoms with Crippen LogP contribution in [0.15, 0.2) is 0 Å². The van der Waals surface area contributed by atoms with Gasteiger partial charge < -0.3 is 10.2 Å². The van der Waals surface area contributed by atoms with E-state index in [9.17, 15) is 4.79 Å². The highest BCUT2D eigenvalue weighted by atomic mass is 16.2. The van der Waals surface area contributed by atoms with E-state index < -0.39 is 0 Å². The quantitative estimate of drug-likeness (QED) is 0.836. The molecule has 0 unspecified atom stereocenters. The summed E-state index contributed by atoms with van der Waals surface area (Å²) in [5.41, 5.74) is 0. The maximum atomic E-state index is 12.7. The van der Waals surface area contributed by atoms with Gasteiger partial charge in [0.15, 0.2) is 0 Å². The number of carbonyl (C=O) groups excluding carboxylic acids is 1. The summed E-state index contributed by atoms with van der Waals surface area (Å²) in [6.07, 6.45) is 12.8. The van der Waals surface area contributed by atoms with E-state index in [0.717, 1.165) is 0 Å². The molecule has 0 aliphatic heterocycles. The molecule has 2 fully saturated rings. The van der Waals surface area contributed by atoms with Gasteiger partial charge in [-0.3, -0.25) is 4.79 Å². The molecule has 1 N–H and O–H groups in total. The van der Waals surface area contributed by atoms with Crippen molar-refractivity contribution in [3.63, 3.8) is 0 Å². The highest BCUT2D eigenvalue weighted by Gasteiger charge is 2.31. The van der Waals surface area contributed by atoms with Crippen LogP contribution < -0.4 is 5.32 Å². The average molecular weight is 280 g/mol. The zero-order valence-electron chi connectivity index (χ0n) is 13.4. The third-order valence-electron chi connectivity index (χ3n) is 4.89. The van der Waals surface area contributed by atoms with Crippen molar-refractivity contribution in [3.8, 4) is 0 Å². The van der Waals surface area contributed by atoms with Gasteiger partial charge in [-0.15, -0.1) is 0 Å². The second kappa shape index (κ2) is 8.02. The molecule has 2 saturated carbocycles. The minimum atomic E-state index is 0.345. The standard InChI is InChI=1S/C17H32N2O/c1-14(2)18-13-17(20)19(15-9-5-3-6-10-15)16-11-7-4-8-12-16/h14-16,18H,3-13H2,1-2H3. The van der Waals surface area contributed by atoms with Crippen LogP contribution >= 0.6 is 0 Å². The number of carbonyl (C=O) groups is 1. The Morgan fingerprint density at radius 3 is 1.80 bits per heavy atom. The van der Waals surface area contributed by atoms with Gasteiger partial charge in [0.05, 0.1) is 6.54 Å². The highest BCUT2D eigenvalue weighted by molar-refractivity contribution is 5.79. The molecule has 0 radical (unpaired) electrons. The van der Waals surface area contributed by atoms with Crippen LogP contribution in [0.4, 0.5) is 0 Å². The van der Waals surface area contributed by atoms with Crippen LogP contribution in [0.25, 0.3) is 0 Å². The van der Waals surface area contributed by atoms with Crippen LogP contribution in [0, 0.1) is 0 Å². The van der Waals surface area contributed by atoms with Gasteiger partial charge in [0.2, 0.25) is 5.91 Å². The largest absolute Gasteiger partial charge is 0.336 e. The summed E-state index contributed by atoms with van der Waals surface area (Å²) in [5, 5.41) is 3.31. The monoisotopic (exact) mass is 280 g/mol. The minimum Gasteiger partial charge on any atom is -0.336 e. The van der Waals surface area contributed by atoms with E-state index in [-0.39, 0.29) is 0 Å². The minimum absolute atomic E-state index is 0.345. The lowest BCUT2D eigenvalue weighted by Crippen LogP contribution is -2.52. The molecule has 2 rings (SSSR count). The van der Waals surface area contributed by atoms with Crippen LogP contribution in [0.5, 0.6) is 0 Å². The van der Waals surface area contributed by atoms with Crippen LogP contribution in [-0.2, 0) is 4.79 Å². The molecule has 0 bridgehead atoms. The number of hydrogen-bond acceptors (Lipinski definition) is 2. The number of amides is 1. The van der Waals surface area contributed by atoms with E-state index in [1.807, 2.05) is 0 Å². The fourth-order valence-electron chi connectivity index (χ4n) is 3.81. The van der Waals surface area contributed by atoms with Gasteiger partial charge in [-0.25, -0.2) is 0 Å². The molecule has 116 valence electrons. The van der Waals surface area contributed by atoms with Crippen LogP contribution in [-0.4, -0.2) is 35.5 Å². The van der Waals surface area contributed by atoms with Crippen molar-refractivity contribution in [2.45, 2.75) is 96.2 Å². The zero-order chi connectivity index (χ0) is 14.4. The molecular formula is C17H32N2O. The molecule has 3 nitrogen and oxygen atoms in total. The van der Waals surface area contributed by atoms with Gasteiger partial charge >= 0.3 is 0 Å². The Kier molecular flexibility index (Phi) is 6.34. The number of hydrogen-bond donors (Lipinski definition) is 1. The molecule has 2 aliphatic rings. The van der Waals surface area contributed by atoms with Crippen molar-refractivity contribution < 1.29 is 4.79 Å². The molecule has 0 heterocycles. The second-order valence-corrected chi connectivity index (χ2v) is 6.92. The molecule has 2 aliphatic carbocycles. The molecule has 0 saturated heterocycles. The fraction of sp³-hybridized carbons (Fsp3) is 0.941. The van der Waals surface area contributed by atoms with Crippen molar-refractivity contribution in [1.29, 1.82) is 0 Å². The lowest BCUT2D eigenvalue weighted by molar-refractivity contribution is -0.137. The summed E-state index contributed by atoms with van der Waals surface area (Å²) in [6.45, 7) is 4.74. The van der Waals surface area contributed by atoms with E-state index in [1.165, 1.54) is 64.2 Å². The summed E-state index contributed by atoms with van der Waals surface area (Å²) in [4.78, 5) is 15.0. The van der Waals surface area contributed by atoms with Gasteiger partial charge in [0, 0.05) is 18.1 Å². The van der Waals surface area contributed by atoms with E-state index in [1.54, 1.807) is 0 Å². The fourth-order valence-corrected chi connectivity index (χ4v) is 3.81. The van der Waals surface area contributed by atoms with E-state index in [0.29, 0.717) is 30.6 Å². The second-order valence-electron chi connectivity index (χ2n) is 6.92. The van der Waals surface area contributed by atoms with E-state index in [2.05, 4.69) is 24.1 Å². The first-order valence-corrected chi connectivity index (χ1v) is 8.73. The van der Waals surface area contributed by atoms with E-state index in [4.69, 9.17) is 0 Å².